The van der Waals surface area contributed by atoms with Crippen molar-refractivity contribution in [3.8, 4) is 5.75 Å². The molecular weight excluding hydrogens is 311 g/mol. The lowest BCUT2D eigenvalue weighted by Gasteiger charge is -2.02. The molecule has 0 amide bonds. The maximum atomic E-state index is 9.21. The summed E-state index contributed by atoms with van der Waals surface area (Å²) in [5.41, 5.74) is 0.929. The first kappa shape index (κ1) is 10.2. The highest BCUT2D eigenvalue weighted by molar-refractivity contribution is 14.1. The fourth-order valence-electron chi connectivity index (χ4n) is 1.47. The summed E-state index contributed by atoms with van der Waals surface area (Å²) in [6.45, 7) is 0.0561. The van der Waals surface area contributed by atoms with E-state index in [1.807, 2.05) is 18.2 Å². The lowest BCUT2D eigenvalue weighted by atomic mass is 10.1. The summed E-state index contributed by atoms with van der Waals surface area (Å²) in [7, 11) is 1.66. The Balaban J connectivity index is 2.82. The predicted octanol–water partition coefficient (Wildman–Crippen LogP) is 3.01. The molecule has 4 heteroatoms. The fourth-order valence-corrected chi connectivity index (χ4v) is 3.62. The predicted molar refractivity (Wildman–Crippen MR) is 67.0 cm³/mol. The van der Waals surface area contributed by atoms with Crippen molar-refractivity contribution in [3.63, 3.8) is 0 Å². The molecule has 0 atom stereocenters. The number of rotatable bonds is 2. The molecule has 0 unspecified atom stereocenters. The van der Waals surface area contributed by atoms with E-state index in [4.69, 9.17) is 4.74 Å². The normalized spacial score (nSPS) is 10.8. The first-order valence-electron chi connectivity index (χ1n) is 4.12. The summed E-state index contributed by atoms with van der Waals surface area (Å²) in [5.74, 6) is 0.884. The molecule has 1 N–H and O–H groups in total. The maximum absolute atomic E-state index is 9.21. The minimum Gasteiger partial charge on any atom is -0.494 e. The van der Waals surface area contributed by atoms with Gasteiger partial charge in [-0.2, -0.15) is 0 Å². The number of hydrogen-bond donors (Lipinski definition) is 1. The third-order valence-electron chi connectivity index (χ3n) is 2.09. The van der Waals surface area contributed by atoms with Gasteiger partial charge in [-0.3, -0.25) is 0 Å². The first-order valence-corrected chi connectivity index (χ1v) is 6.02. The number of halogens is 1. The molecule has 1 aromatic carbocycles. The monoisotopic (exact) mass is 320 g/mol. The second kappa shape index (κ2) is 4.04. The first-order chi connectivity index (χ1) is 6.77. The largest absolute Gasteiger partial charge is 0.494 e. The molecule has 0 fully saturated rings. The van der Waals surface area contributed by atoms with E-state index in [0.29, 0.717) is 0 Å². The van der Waals surface area contributed by atoms with Gasteiger partial charge >= 0.3 is 0 Å². The van der Waals surface area contributed by atoms with E-state index in [9.17, 15) is 5.11 Å². The Kier molecular flexibility index (Phi) is 2.94. The van der Waals surface area contributed by atoms with E-state index in [1.165, 1.54) is 0 Å². The van der Waals surface area contributed by atoms with E-state index >= 15 is 0 Å². The van der Waals surface area contributed by atoms with Crippen molar-refractivity contribution in [2.45, 2.75) is 6.61 Å². The lowest BCUT2D eigenvalue weighted by molar-refractivity contribution is 0.283. The molecule has 0 spiro atoms. The minimum absolute atomic E-state index is 0.0561. The SMILES string of the molecule is COc1c(I)sc2cccc(CO)c12. The van der Waals surface area contributed by atoms with Crippen molar-refractivity contribution < 1.29 is 9.84 Å². The van der Waals surface area contributed by atoms with E-state index in [0.717, 1.165) is 24.3 Å². The van der Waals surface area contributed by atoms with Gasteiger partial charge in [-0.15, -0.1) is 11.3 Å². The molecule has 2 rings (SSSR count). The molecule has 0 aliphatic heterocycles. The summed E-state index contributed by atoms with van der Waals surface area (Å²) >= 11 is 3.94. The molecule has 0 saturated carbocycles. The maximum Gasteiger partial charge on any atom is 0.151 e. The molecule has 0 aliphatic carbocycles. The zero-order valence-corrected chi connectivity index (χ0v) is 10.6. The van der Waals surface area contributed by atoms with E-state index in [2.05, 4.69) is 22.6 Å². The average molecular weight is 320 g/mol. The van der Waals surface area contributed by atoms with Gasteiger partial charge in [-0.25, -0.2) is 0 Å². The van der Waals surface area contributed by atoms with Crippen molar-refractivity contribution in [2.24, 2.45) is 0 Å². The highest BCUT2D eigenvalue weighted by Crippen LogP contribution is 2.40. The van der Waals surface area contributed by atoms with Crippen LogP contribution in [0.5, 0.6) is 5.75 Å². The van der Waals surface area contributed by atoms with Crippen molar-refractivity contribution in [1.82, 2.24) is 0 Å². The van der Waals surface area contributed by atoms with Crippen molar-refractivity contribution in [3.05, 3.63) is 26.6 Å². The molecule has 0 aliphatic rings. The van der Waals surface area contributed by atoms with Crippen LogP contribution < -0.4 is 4.74 Å². The molecule has 0 saturated heterocycles. The zero-order chi connectivity index (χ0) is 10.1. The van der Waals surface area contributed by atoms with Gasteiger partial charge in [0.1, 0.15) is 2.88 Å². The summed E-state index contributed by atoms with van der Waals surface area (Å²) in [6, 6.07) is 5.93. The molecule has 0 radical (unpaired) electrons. The fraction of sp³-hybridized carbons (Fsp3) is 0.200. The molecule has 2 nitrogen and oxygen atoms in total. The Morgan fingerprint density at radius 3 is 2.93 bits per heavy atom. The van der Waals surface area contributed by atoms with Crippen LogP contribution in [0.1, 0.15) is 5.56 Å². The third-order valence-corrected chi connectivity index (χ3v) is 4.17. The summed E-state index contributed by atoms with van der Waals surface area (Å²) in [4.78, 5) is 0. The minimum atomic E-state index is 0.0561. The van der Waals surface area contributed by atoms with Gasteiger partial charge < -0.3 is 9.84 Å². The van der Waals surface area contributed by atoms with Gasteiger partial charge in [0.05, 0.1) is 13.7 Å². The van der Waals surface area contributed by atoms with Crippen LogP contribution in [-0.4, -0.2) is 12.2 Å². The Morgan fingerprint density at radius 2 is 2.29 bits per heavy atom. The summed E-state index contributed by atoms with van der Waals surface area (Å²) < 4.78 is 7.62. The topological polar surface area (TPSA) is 29.5 Å². The standard InChI is InChI=1S/C10H9IO2S/c1-13-9-8-6(5-12)3-2-4-7(8)14-10(9)11/h2-4,12H,5H2,1H3. The van der Waals surface area contributed by atoms with Crippen LogP contribution in [0.25, 0.3) is 10.1 Å². The van der Waals surface area contributed by atoms with Crippen LogP contribution >= 0.6 is 33.9 Å². The van der Waals surface area contributed by atoms with Crippen LogP contribution in [0.2, 0.25) is 0 Å². The molecule has 14 heavy (non-hydrogen) atoms. The van der Waals surface area contributed by atoms with Gasteiger partial charge in [0.2, 0.25) is 0 Å². The third kappa shape index (κ3) is 1.51. The van der Waals surface area contributed by atoms with Gasteiger partial charge in [0.25, 0.3) is 0 Å². The molecule has 1 heterocycles. The quantitative estimate of drug-likeness (QED) is 0.862. The number of methoxy groups -OCH3 is 1. The lowest BCUT2D eigenvalue weighted by Crippen LogP contribution is -1.87. The van der Waals surface area contributed by atoms with Gasteiger partial charge in [0.15, 0.2) is 5.75 Å². The number of aliphatic hydroxyl groups excluding tert-OH is 1. The van der Waals surface area contributed by atoms with E-state index in [1.54, 1.807) is 18.4 Å². The molecule has 2 aromatic rings. The number of thiophene rings is 1. The van der Waals surface area contributed by atoms with Crippen LogP contribution in [0, 0.1) is 2.88 Å². The second-order valence-corrected chi connectivity index (χ2v) is 5.72. The smallest absolute Gasteiger partial charge is 0.151 e. The van der Waals surface area contributed by atoms with E-state index in [-0.39, 0.29) is 6.61 Å². The number of aliphatic hydroxyl groups is 1. The number of hydrogen-bond acceptors (Lipinski definition) is 3. The highest BCUT2D eigenvalue weighted by Gasteiger charge is 2.13. The number of fused-ring (bicyclic) bond motifs is 1. The van der Waals surface area contributed by atoms with E-state index < -0.39 is 0 Å². The number of ether oxygens (including phenoxy) is 1. The summed E-state index contributed by atoms with van der Waals surface area (Å²) in [6.07, 6.45) is 0. The van der Waals surface area contributed by atoms with Crippen molar-refractivity contribution in [1.29, 1.82) is 0 Å². The Bertz CT molecular complexity index is 464. The highest BCUT2D eigenvalue weighted by atomic mass is 127. The van der Waals surface area contributed by atoms with Crippen molar-refractivity contribution >= 4 is 44.0 Å². The van der Waals surface area contributed by atoms with Crippen LogP contribution in [0.4, 0.5) is 0 Å². The zero-order valence-electron chi connectivity index (χ0n) is 7.58. The number of benzene rings is 1. The molecule has 74 valence electrons. The average Bonchev–Trinajstić information content (AvgIpc) is 2.52. The Labute approximate surface area is 99.7 Å². The molecule has 0 bridgehead atoms. The van der Waals surface area contributed by atoms with Crippen molar-refractivity contribution in [2.75, 3.05) is 7.11 Å². The van der Waals surface area contributed by atoms with Gasteiger partial charge in [-0.05, 0) is 34.2 Å². The molecular formula is C10H9IO2S. The van der Waals surface area contributed by atoms with Crippen LogP contribution in [0.15, 0.2) is 18.2 Å². The van der Waals surface area contributed by atoms with Crippen LogP contribution in [-0.2, 0) is 6.61 Å². The van der Waals surface area contributed by atoms with Gasteiger partial charge in [0, 0.05) is 10.1 Å². The summed E-state index contributed by atoms with van der Waals surface area (Å²) in [5, 5.41) is 10.3. The molecule has 1 aromatic heterocycles. The Hall–Kier alpha value is -0.330. The second-order valence-electron chi connectivity index (χ2n) is 2.86. The Morgan fingerprint density at radius 1 is 1.50 bits per heavy atom. The van der Waals surface area contributed by atoms with Crippen LogP contribution in [0.3, 0.4) is 0 Å². The van der Waals surface area contributed by atoms with Gasteiger partial charge in [-0.1, -0.05) is 12.1 Å².